The van der Waals surface area contributed by atoms with E-state index in [2.05, 4.69) is 18.9 Å². The van der Waals surface area contributed by atoms with Crippen molar-refractivity contribution in [3.8, 4) is 0 Å². The van der Waals surface area contributed by atoms with Crippen LogP contribution in [0.4, 0.5) is 0 Å². The van der Waals surface area contributed by atoms with Crippen molar-refractivity contribution >= 4 is 0 Å². The minimum atomic E-state index is -0.418. The molecule has 4 nitrogen and oxygen atoms in total. The van der Waals surface area contributed by atoms with Gasteiger partial charge in [-0.05, 0) is 31.4 Å². The molecule has 2 N–H and O–H groups in total. The molecule has 0 radical (unpaired) electrons. The molecule has 0 saturated heterocycles. The summed E-state index contributed by atoms with van der Waals surface area (Å²) < 4.78 is 1.53. The number of nitrogens with two attached hydrogens (primary N) is 1. The van der Waals surface area contributed by atoms with E-state index in [4.69, 9.17) is 5.73 Å². The van der Waals surface area contributed by atoms with E-state index in [1.54, 1.807) is 6.07 Å². The molecule has 0 bridgehead atoms. The van der Waals surface area contributed by atoms with E-state index >= 15 is 0 Å². The summed E-state index contributed by atoms with van der Waals surface area (Å²) in [6.45, 7) is 8.66. The largest absolute Gasteiger partial charge is 0.320 e. The first-order chi connectivity index (χ1) is 9.88. The lowest BCUT2D eigenvalue weighted by Gasteiger charge is -2.16. The van der Waals surface area contributed by atoms with E-state index in [1.807, 2.05) is 38.1 Å². The van der Waals surface area contributed by atoms with Crippen LogP contribution in [-0.2, 0) is 6.54 Å². The van der Waals surface area contributed by atoms with Gasteiger partial charge in [-0.25, -0.2) is 4.68 Å². The van der Waals surface area contributed by atoms with Crippen LogP contribution < -0.4 is 11.3 Å². The maximum Gasteiger partial charge on any atom is 0.271 e. The van der Waals surface area contributed by atoms with Crippen LogP contribution in [0.2, 0.25) is 0 Å². The second-order valence-corrected chi connectivity index (χ2v) is 6.01. The molecule has 4 heteroatoms. The quantitative estimate of drug-likeness (QED) is 0.939. The molecule has 1 heterocycles. The lowest BCUT2D eigenvalue weighted by molar-refractivity contribution is 0.456. The van der Waals surface area contributed by atoms with Crippen molar-refractivity contribution in [3.63, 3.8) is 0 Å². The highest BCUT2D eigenvalue weighted by Gasteiger charge is 2.16. The topological polar surface area (TPSA) is 60.9 Å². The second kappa shape index (κ2) is 6.22. The fourth-order valence-electron chi connectivity index (χ4n) is 2.35. The first kappa shape index (κ1) is 15.4. The summed E-state index contributed by atoms with van der Waals surface area (Å²) in [5.74, 6) is 0.362. The van der Waals surface area contributed by atoms with Gasteiger partial charge in [0.15, 0.2) is 0 Å². The van der Waals surface area contributed by atoms with Gasteiger partial charge in [0.2, 0.25) is 0 Å². The normalized spacial score (nSPS) is 12.7. The van der Waals surface area contributed by atoms with Gasteiger partial charge in [0.05, 0.1) is 11.7 Å². The van der Waals surface area contributed by atoms with Crippen molar-refractivity contribution in [1.82, 2.24) is 9.78 Å². The molecule has 2 aromatic rings. The van der Waals surface area contributed by atoms with Crippen LogP contribution in [0.5, 0.6) is 0 Å². The molecular weight excluding hydrogens is 262 g/mol. The number of aromatic nitrogens is 2. The molecular formula is C17H23N3O. The number of benzene rings is 1. The zero-order chi connectivity index (χ0) is 15.6. The fourth-order valence-corrected chi connectivity index (χ4v) is 2.35. The molecule has 1 aromatic heterocycles. The van der Waals surface area contributed by atoms with E-state index in [0.717, 1.165) is 11.3 Å². The average molecular weight is 285 g/mol. The SMILES string of the molecule is Cc1ccc(C(N)c2cc(C)nn(CC(C)C)c2=O)cc1. The Morgan fingerprint density at radius 1 is 1.19 bits per heavy atom. The van der Waals surface area contributed by atoms with Crippen LogP contribution in [0.15, 0.2) is 35.1 Å². The first-order valence-electron chi connectivity index (χ1n) is 7.29. The molecule has 0 aliphatic rings. The van der Waals surface area contributed by atoms with Gasteiger partial charge in [-0.3, -0.25) is 4.79 Å². The molecule has 1 aromatic carbocycles. The smallest absolute Gasteiger partial charge is 0.271 e. The highest BCUT2D eigenvalue weighted by atomic mass is 16.1. The minimum Gasteiger partial charge on any atom is -0.320 e. The van der Waals surface area contributed by atoms with Crippen molar-refractivity contribution in [2.24, 2.45) is 11.7 Å². The summed E-state index contributed by atoms with van der Waals surface area (Å²) in [5.41, 5.74) is 9.74. The van der Waals surface area contributed by atoms with Crippen LogP contribution in [0, 0.1) is 19.8 Å². The molecule has 1 unspecified atom stereocenters. The lowest BCUT2D eigenvalue weighted by atomic mass is 9.99. The van der Waals surface area contributed by atoms with Crippen LogP contribution in [0.25, 0.3) is 0 Å². The zero-order valence-electron chi connectivity index (χ0n) is 13.1. The van der Waals surface area contributed by atoms with E-state index < -0.39 is 6.04 Å². The summed E-state index contributed by atoms with van der Waals surface area (Å²) in [6, 6.07) is 9.35. The highest BCUT2D eigenvalue weighted by molar-refractivity contribution is 5.32. The van der Waals surface area contributed by atoms with Crippen LogP contribution in [0.3, 0.4) is 0 Å². The first-order valence-corrected chi connectivity index (χ1v) is 7.29. The molecule has 0 aliphatic carbocycles. The third-order valence-corrected chi connectivity index (χ3v) is 3.43. The Morgan fingerprint density at radius 2 is 1.81 bits per heavy atom. The molecule has 0 saturated carbocycles. The zero-order valence-corrected chi connectivity index (χ0v) is 13.1. The van der Waals surface area contributed by atoms with E-state index in [0.29, 0.717) is 18.0 Å². The van der Waals surface area contributed by atoms with Gasteiger partial charge in [-0.2, -0.15) is 5.10 Å². The lowest BCUT2D eigenvalue weighted by Crippen LogP contribution is -2.32. The Morgan fingerprint density at radius 3 is 2.38 bits per heavy atom. The summed E-state index contributed by atoms with van der Waals surface area (Å²) in [4.78, 5) is 12.6. The number of nitrogens with zero attached hydrogens (tertiary/aromatic N) is 2. The molecule has 0 aliphatic heterocycles. The average Bonchev–Trinajstić information content (AvgIpc) is 2.42. The Hall–Kier alpha value is -1.94. The van der Waals surface area contributed by atoms with Crippen molar-refractivity contribution in [2.45, 2.75) is 40.3 Å². The van der Waals surface area contributed by atoms with Crippen molar-refractivity contribution in [1.29, 1.82) is 0 Å². The Labute approximate surface area is 125 Å². The predicted molar refractivity (Wildman–Crippen MR) is 85.3 cm³/mol. The third-order valence-electron chi connectivity index (χ3n) is 3.43. The standard InChI is InChI=1S/C17H23N3O/c1-11(2)10-20-17(21)15(9-13(4)19-20)16(18)14-7-5-12(3)6-8-14/h5-9,11,16H,10,18H2,1-4H3. The molecule has 0 spiro atoms. The summed E-state index contributed by atoms with van der Waals surface area (Å²) in [6.07, 6.45) is 0. The van der Waals surface area contributed by atoms with Crippen LogP contribution in [-0.4, -0.2) is 9.78 Å². The van der Waals surface area contributed by atoms with Gasteiger partial charge < -0.3 is 5.73 Å². The van der Waals surface area contributed by atoms with Gasteiger partial charge in [-0.1, -0.05) is 43.7 Å². The van der Waals surface area contributed by atoms with Gasteiger partial charge in [0.25, 0.3) is 5.56 Å². The molecule has 0 amide bonds. The van der Waals surface area contributed by atoms with Crippen LogP contribution >= 0.6 is 0 Å². The van der Waals surface area contributed by atoms with Gasteiger partial charge in [-0.15, -0.1) is 0 Å². The molecule has 21 heavy (non-hydrogen) atoms. The molecule has 2 rings (SSSR count). The fraction of sp³-hybridized carbons (Fsp3) is 0.412. The van der Waals surface area contributed by atoms with Crippen molar-refractivity contribution in [3.05, 3.63) is 63.1 Å². The summed E-state index contributed by atoms with van der Waals surface area (Å²) in [5, 5.41) is 4.31. The number of aryl methyl sites for hydroxylation is 2. The van der Waals surface area contributed by atoms with Crippen molar-refractivity contribution in [2.75, 3.05) is 0 Å². The molecule has 1 atom stereocenters. The molecule has 0 fully saturated rings. The van der Waals surface area contributed by atoms with E-state index in [1.165, 1.54) is 10.2 Å². The van der Waals surface area contributed by atoms with E-state index in [9.17, 15) is 4.79 Å². The van der Waals surface area contributed by atoms with Crippen molar-refractivity contribution < 1.29 is 0 Å². The van der Waals surface area contributed by atoms with Gasteiger partial charge >= 0.3 is 0 Å². The minimum absolute atomic E-state index is 0.0950. The van der Waals surface area contributed by atoms with E-state index in [-0.39, 0.29) is 5.56 Å². The monoisotopic (exact) mass is 285 g/mol. The summed E-state index contributed by atoms with van der Waals surface area (Å²) in [7, 11) is 0. The number of hydrogen-bond donors (Lipinski definition) is 1. The van der Waals surface area contributed by atoms with Gasteiger partial charge in [0, 0.05) is 12.1 Å². The predicted octanol–water partition coefficient (Wildman–Crippen LogP) is 2.56. The number of rotatable bonds is 4. The summed E-state index contributed by atoms with van der Waals surface area (Å²) >= 11 is 0. The second-order valence-electron chi connectivity index (χ2n) is 6.01. The molecule has 112 valence electrons. The third kappa shape index (κ3) is 3.58. The number of hydrogen-bond acceptors (Lipinski definition) is 3. The Balaban J connectivity index is 2.45. The Kier molecular flexibility index (Phi) is 4.58. The highest BCUT2D eigenvalue weighted by Crippen LogP contribution is 2.17. The Bertz CT molecular complexity index is 671. The maximum absolute atomic E-state index is 12.6. The van der Waals surface area contributed by atoms with Crippen LogP contribution in [0.1, 0.15) is 42.3 Å². The van der Waals surface area contributed by atoms with Gasteiger partial charge in [0.1, 0.15) is 0 Å². The maximum atomic E-state index is 12.6.